The summed E-state index contributed by atoms with van der Waals surface area (Å²) in [5.41, 5.74) is 3.42. The Morgan fingerprint density at radius 1 is 0.806 bits per heavy atom. The second-order valence-electron chi connectivity index (χ2n) is 7.20. The molecule has 0 unspecified atom stereocenters. The Bertz CT molecular complexity index is 1130. The zero-order chi connectivity index (χ0) is 20.8. The molecule has 0 fully saturated rings. The summed E-state index contributed by atoms with van der Waals surface area (Å²) in [6.45, 7) is 2.08. The maximum Gasteiger partial charge on any atom is 0.124 e. The maximum absolute atomic E-state index is 6.30. The van der Waals surface area contributed by atoms with E-state index in [2.05, 4.69) is 53.8 Å². The minimum atomic E-state index is 0. The molecule has 0 bridgehead atoms. The second kappa shape index (κ2) is 11.4. The highest BCUT2D eigenvalue weighted by Crippen LogP contribution is 2.29. The van der Waals surface area contributed by atoms with Crippen molar-refractivity contribution >= 4 is 46.4 Å². The Morgan fingerprint density at radius 2 is 1.58 bits per heavy atom. The van der Waals surface area contributed by atoms with Crippen LogP contribution in [0.4, 0.5) is 0 Å². The molecule has 4 aromatic carbocycles. The molecule has 0 atom stereocenters. The van der Waals surface area contributed by atoms with E-state index >= 15 is 0 Å². The van der Waals surface area contributed by atoms with Gasteiger partial charge in [-0.15, -0.1) is 12.4 Å². The van der Waals surface area contributed by atoms with Crippen LogP contribution in [-0.2, 0) is 19.6 Å². The molecule has 4 rings (SSSR count). The number of hydrogen-bond donors (Lipinski definition) is 1. The molecule has 0 heterocycles. The van der Waals surface area contributed by atoms with Crippen molar-refractivity contribution in [3.05, 3.63) is 112 Å². The van der Waals surface area contributed by atoms with Gasteiger partial charge < -0.3 is 10.1 Å². The van der Waals surface area contributed by atoms with E-state index in [0.717, 1.165) is 36.4 Å². The molecule has 0 saturated carbocycles. The molecular formula is C26H24Cl3NO. The predicted molar refractivity (Wildman–Crippen MR) is 134 cm³/mol. The summed E-state index contributed by atoms with van der Waals surface area (Å²) in [4.78, 5) is 0. The third-order valence-corrected chi connectivity index (χ3v) is 5.71. The van der Waals surface area contributed by atoms with E-state index in [9.17, 15) is 0 Å². The van der Waals surface area contributed by atoms with Crippen LogP contribution in [0.3, 0.4) is 0 Å². The average molecular weight is 473 g/mol. The van der Waals surface area contributed by atoms with Gasteiger partial charge in [0.05, 0.1) is 0 Å². The normalized spacial score (nSPS) is 10.6. The van der Waals surface area contributed by atoms with Crippen LogP contribution in [0, 0.1) is 0 Å². The van der Waals surface area contributed by atoms with Gasteiger partial charge in [-0.25, -0.2) is 0 Å². The smallest absolute Gasteiger partial charge is 0.124 e. The van der Waals surface area contributed by atoms with Gasteiger partial charge in [-0.1, -0.05) is 89.9 Å². The molecule has 0 aliphatic heterocycles. The molecule has 160 valence electrons. The highest BCUT2D eigenvalue weighted by atomic mass is 35.5. The third-order valence-electron chi connectivity index (χ3n) is 5.12. The minimum absolute atomic E-state index is 0. The van der Waals surface area contributed by atoms with Gasteiger partial charge in [0.15, 0.2) is 0 Å². The third kappa shape index (κ3) is 6.15. The second-order valence-corrected chi connectivity index (χ2v) is 8.04. The first-order chi connectivity index (χ1) is 14.7. The molecule has 0 aliphatic carbocycles. The first-order valence-electron chi connectivity index (χ1n) is 10.0. The van der Waals surface area contributed by atoms with E-state index in [-0.39, 0.29) is 12.4 Å². The molecule has 0 aromatic heterocycles. The lowest BCUT2D eigenvalue weighted by Crippen LogP contribution is -2.17. The van der Waals surface area contributed by atoms with Crippen molar-refractivity contribution in [3.63, 3.8) is 0 Å². The van der Waals surface area contributed by atoms with E-state index in [1.807, 2.05) is 30.3 Å². The number of rotatable bonds is 8. The highest BCUT2D eigenvalue weighted by molar-refractivity contribution is 6.35. The SMILES string of the molecule is Cl.Clc1ccc(CCNCc2c(OCc3ccccc3)ccc3ccccc23)c(Cl)c1. The van der Waals surface area contributed by atoms with Gasteiger partial charge in [-0.3, -0.25) is 0 Å². The van der Waals surface area contributed by atoms with Gasteiger partial charge in [0.1, 0.15) is 12.4 Å². The number of benzene rings is 4. The van der Waals surface area contributed by atoms with E-state index in [4.69, 9.17) is 27.9 Å². The largest absolute Gasteiger partial charge is 0.489 e. The van der Waals surface area contributed by atoms with Crippen LogP contribution in [0.5, 0.6) is 5.75 Å². The molecule has 4 aromatic rings. The quantitative estimate of drug-likeness (QED) is 0.268. The lowest BCUT2D eigenvalue weighted by atomic mass is 10.0. The summed E-state index contributed by atoms with van der Waals surface area (Å²) in [5, 5.41) is 7.34. The summed E-state index contributed by atoms with van der Waals surface area (Å²) in [5.74, 6) is 0.912. The fourth-order valence-corrected chi connectivity index (χ4v) is 4.03. The van der Waals surface area contributed by atoms with Gasteiger partial charge in [0.25, 0.3) is 0 Å². The first-order valence-corrected chi connectivity index (χ1v) is 10.8. The van der Waals surface area contributed by atoms with E-state index in [1.54, 1.807) is 6.07 Å². The van der Waals surface area contributed by atoms with Crippen LogP contribution >= 0.6 is 35.6 Å². The first kappa shape index (κ1) is 23.4. The van der Waals surface area contributed by atoms with Crippen molar-refractivity contribution in [2.45, 2.75) is 19.6 Å². The van der Waals surface area contributed by atoms with Crippen LogP contribution in [0.1, 0.15) is 16.7 Å². The Balaban J connectivity index is 0.00000272. The van der Waals surface area contributed by atoms with Gasteiger partial charge >= 0.3 is 0 Å². The van der Waals surface area contributed by atoms with Crippen LogP contribution in [0.25, 0.3) is 10.8 Å². The molecule has 0 aliphatic rings. The average Bonchev–Trinajstić information content (AvgIpc) is 2.77. The monoisotopic (exact) mass is 471 g/mol. The van der Waals surface area contributed by atoms with Gasteiger partial charge in [0.2, 0.25) is 0 Å². The number of nitrogens with one attached hydrogen (secondary N) is 1. The highest BCUT2D eigenvalue weighted by Gasteiger charge is 2.10. The van der Waals surface area contributed by atoms with Crippen LogP contribution in [-0.4, -0.2) is 6.54 Å². The molecule has 0 saturated heterocycles. The zero-order valence-electron chi connectivity index (χ0n) is 17.0. The van der Waals surface area contributed by atoms with Crippen LogP contribution < -0.4 is 10.1 Å². The zero-order valence-corrected chi connectivity index (χ0v) is 19.3. The Labute approximate surface area is 199 Å². The Morgan fingerprint density at radius 3 is 2.39 bits per heavy atom. The summed E-state index contributed by atoms with van der Waals surface area (Å²) < 4.78 is 6.20. The van der Waals surface area contributed by atoms with Crippen molar-refractivity contribution in [2.24, 2.45) is 0 Å². The summed E-state index contributed by atoms with van der Waals surface area (Å²) in [6.07, 6.45) is 0.834. The predicted octanol–water partition coefficient (Wildman–Crippen LogP) is 7.48. The number of halogens is 3. The van der Waals surface area contributed by atoms with Crippen molar-refractivity contribution in [1.82, 2.24) is 5.32 Å². The fraction of sp³-hybridized carbons (Fsp3) is 0.154. The van der Waals surface area contributed by atoms with Crippen LogP contribution in [0.2, 0.25) is 10.0 Å². The summed E-state index contributed by atoms with van der Waals surface area (Å²) >= 11 is 12.3. The standard InChI is InChI=1S/C26H23Cl2NO.ClH/c27-22-12-10-21(25(28)16-22)14-15-29-17-24-23-9-5-4-8-20(23)11-13-26(24)30-18-19-6-2-1-3-7-19;/h1-13,16,29H,14-15,17-18H2;1H. The van der Waals surface area contributed by atoms with Crippen LogP contribution in [0.15, 0.2) is 84.9 Å². The Hall–Kier alpha value is -2.23. The maximum atomic E-state index is 6.30. The van der Waals surface area contributed by atoms with E-state index < -0.39 is 0 Å². The van der Waals surface area contributed by atoms with Crippen molar-refractivity contribution in [3.8, 4) is 5.75 Å². The molecule has 0 radical (unpaired) electrons. The lowest BCUT2D eigenvalue weighted by Gasteiger charge is -2.15. The molecule has 5 heteroatoms. The van der Waals surface area contributed by atoms with Gasteiger partial charge in [0, 0.05) is 22.2 Å². The van der Waals surface area contributed by atoms with Crippen molar-refractivity contribution < 1.29 is 4.74 Å². The molecular weight excluding hydrogens is 449 g/mol. The molecule has 2 nitrogen and oxygen atoms in total. The molecule has 0 spiro atoms. The molecule has 1 N–H and O–H groups in total. The minimum Gasteiger partial charge on any atom is -0.489 e. The topological polar surface area (TPSA) is 21.3 Å². The Kier molecular flexibility index (Phi) is 8.62. The van der Waals surface area contributed by atoms with Crippen molar-refractivity contribution in [2.75, 3.05) is 6.54 Å². The lowest BCUT2D eigenvalue weighted by molar-refractivity contribution is 0.303. The number of ether oxygens (including phenoxy) is 1. The van der Waals surface area contributed by atoms with E-state index in [0.29, 0.717) is 16.7 Å². The van der Waals surface area contributed by atoms with Crippen molar-refractivity contribution in [1.29, 1.82) is 0 Å². The summed E-state index contributed by atoms with van der Waals surface area (Å²) in [6, 6.07) is 28.5. The molecule has 31 heavy (non-hydrogen) atoms. The number of fused-ring (bicyclic) bond motifs is 1. The molecule has 0 amide bonds. The van der Waals surface area contributed by atoms with E-state index in [1.165, 1.54) is 16.3 Å². The summed E-state index contributed by atoms with van der Waals surface area (Å²) in [7, 11) is 0. The number of hydrogen-bond acceptors (Lipinski definition) is 2. The fourth-order valence-electron chi connectivity index (χ4n) is 3.53. The van der Waals surface area contributed by atoms with Gasteiger partial charge in [-0.2, -0.15) is 0 Å². The van der Waals surface area contributed by atoms with Gasteiger partial charge in [-0.05, 0) is 53.1 Å².